The normalized spacial score (nSPS) is 16.7. The second kappa shape index (κ2) is 8.96. The first-order valence-electron chi connectivity index (χ1n) is 8.21. The van der Waals surface area contributed by atoms with Gasteiger partial charge >= 0.3 is 11.9 Å². The fraction of sp³-hybridized carbons (Fsp3) is 0.556. The van der Waals surface area contributed by atoms with E-state index >= 15 is 0 Å². The minimum absolute atomic E-state index is 0.0132. The first-order valence-corrected chi connectivity index (χ1v) is 9.20. The van der Waals surface area contributed by atoms with Crippen molar-refractivity contribution in [1.82, 2.24) is 0 Å². The highest BCUT2D eigenvalue weighted by molar-refractivity contribution is 7.99. The molecule has 1 aliphatic rings. The Kier molecular flexibility index (Phi) is 6.96. The number of benzene rings is 1. The maximum atomic E-state index is 12.1. The fourth-order valence-electron chi connectivity index (χ4n) is 2.80. The molecule has 0 aliphatic heterocycles. The minimum atomic E-state index is -0.872. The SMILES string of the molecule is O=C(O)CCCC(=O)OC1(SCc2ccccc2)CCCCC1. The number of esters is 1. The van der Waals surface area contributed by atoms with Gasteiger partial charge in [-0.1, -0.05) is 36.8 Å². The molecule has 1 fully saturated rings. The number of aliphatic carboxylic acids is 1. The van der Waals surface area contributed by atoms with E-state index in [2.05, 4.69) is 12.1 Å². The lowest BCUT2D eigenvalue weighted by atomic mass is 9.97. The lowest BCUT2D eigenvalue weighted by Gasteiger charge is -2.36. The second-order valence-corrected chi connectivity index (χ2v) is 7.29. The molecule has 0 spiro atoms. The zero-order valence-electron chi connectivity index (χ0n) is 13.3. The summed E-state index contributed by atoms with van der Waals surface area (Å²) in [5.41, 5.74) is 1.23. The van der Waals surface area contributed by atoms with Crippen molar-refractivity contribution in [2.75, 3.05) is 0 Å². The van der Waals surface area contributed by atoms with Crippen molar-refractivity contribution < 1.29 is 19.4 Å². The van der Waals surface area contributed by atoms with Crippen molar-refractivity contribution in [1.29, 1.82) is 0 Å². The summed E-state index contributed by atoms with van der Waals surface area (Å²) < 4.78 is 5.81. The summed E-state index contributed by atoms with van der Waals surface area (Å²) in [6.07, 6.45) is 5.63. The van der Waals surface area contributed by atoms with E-state index in [1.807, 2.05) is 18.2 Å². The number of ether oxygens (including phenoxy) is 1. The van der Waals surface area contributed by atoms with Crippen LogP contribution in [0.15, 0.2) is 30.3 Å². The third kappa shape index (κ3) is 6.26. The topological polar surface area (TPSA) is 63.6 Å². The zero-order chi connectivity index (χ0) is 16.5. The Bertz CT molecular complexity index is 509. The largest absolute Gasteiger partial charge is 0.481 e. The van der Waals surface area contributed by atoms with Crippen molar-refractivity contribution in [3.63, 3.8) is 0 Å². The van der Waals surface area contributed by atoms with E-state index in [1.165, 1.54) is 12.0 Å². The molecule has 0 radical (unpaired) electrons. The van der Waals surface area contributed by atoms with E-state index in [0.717, 1.165) is 31.4 Å². The summed E-state index contributed by atoms with van der Waals surface area (Å²) in [7, 11) is 0. The third-order valence-corrected chi connectivity index (χ3v) is 5.53. The summed E-state index contributed by atoms with van der Waals surface area (Å²) in [5, 5.41) is 8.65. The predicted molar refractivity (Wildman–Crippen MR) is 91.1 cm³/mol. The van der Waals surface area contributed by atoms with Gasteiger partial charge < -0.3 is 9.84 Å². The number of carbonyl (C=O) groups is 2. The van der Waals surface area contributed by atoms with Gasteiger partial charge in [-0.2, -0.15) is 0 Å². The zero-order valence-corrected chi connectivity index (χ0v) is 14.1. The Morgan fingerprint density at radius 2 is 1.78 bits per heavy atom. The molecular weight excluding hydrogens is 312 g/mol. The molecule has 0 heterocycles. The van der Waals surface area contributed by atoms with Crippen LogP contribution in [-0.2, 0) is 20.1 Å². The average molecular weight is 336 g/mol. The molecule has 1 aromatic rings. The molecule has 23 heavy (non-hydrogen) atoms. The smallest absolute Gasteiger partial charge is 0.307 e. The molecule has 2 rings (SSSR count). The molecule has 1 N–H and O–H groups in total. The average Bonchev–Trinajstić information content (AvgIpc) is 2.54. The molecule has 0 saturated heterocycles. The standard InChI is InChI=1S/C18H24O4S/c19-16(20)10-7-11-17(21)22-18(12-5-2-6-13-18)23-14-15-8-3-1-4-9-15/h1,3-4,8-9H,2,5-7,10-14H2,(H,19,20). The number of rotatable bonds is 8. The van der Waals surface area contributed by atoms with Gasteiger partial charge in [-0.3, -0.25) is 9.59 Å². The monoisotopic (exact) mass is 336 g/mol. The van der Waals surface area contributed by atoms with E-state index < -0.39 is 10.9 Å². The molecule has 1 aliphatic carbocycles. The fourth-order valence-corrected chi connectivity index (χ4v) is 4.15. The third-order valence-electron chi connectivity index (χ3n) is 4.03. The molecule has 126 valence electrons. The van der Waals surface area contributed by atoms with Crippen LogP contribution in [0.5, 0.6) is 0 Å². The van der Waals surface area contributed by atoms with Gasteiger partial charge in [-0.05, 0) is 37.7 Å². The molecule has 0 atom stereocenters. The number of carboxylic acids is 1. The quantitative estimate of drug-likeness (QED) is 0.564. The Balaban J connectivity index is 1.89. The number of carbonyl (C=O) groups excluding carboxylic acids is 1. The maximum Gasteiger partial charge on any atom is 0.307 e. The first-order chi connectivity index (χ1) is 11.1. The van der Waals surface area contributed by atoms with Crippen LogP contribution in [0.3, 0.4) is 0 Å². The number of hydrogen-bond acceptors (Lipinski definition) is 4. The summed E-state index contributed by atoms with van der Waals surface area (Å²) >= 11 is 1.71. The van der Waals surface area contributed by atoms with Crippen molar-refractivity contribution in [2.24, 2.45) is 0 Å². The number of carboxylic acid groups (broad SMARTS) is 1. The van der Waals surface area contributed by atoms with Gasteiger partial charge in [0.15, 0.2) is 4.93 Å². The molecule has 0 amide bonds. The van der Waals surface area contributed by atoms with E-state index in [1.54, 1.807) is 11.8 Å². The second-order valence-electron chi connectivity index (χ2n) is 5.97. The highest BCUT2D eigenvalue weighted by atomic mass is 32.2. The maximum absolute atomic E-state index is 12.1. The van der Waals surface area contributed by atoms with E-state index in [9.17, 15) is 9.59 Å². The van der Waals surface area contributed by atoms with Crippen LogP contribution in [0.2, 0.25) is 0 Å². The van der Waals surface area contributed by atoms with Gasteiger partial charge in [0, 0.05) is 18.6 Å². The van der Waals surface area contributed by atoms with Crippen LogP contribution in [0, 0.1) is 0 Å². The minimum Gasteiger partial charge on any atom is -0.481 e. The van der Waals surface area contributed by atoms with E-state index in [0.29, 0.717) is 6.42 Å². The summed E-state index contributed by atoms with van der Waals surface area (Å²) in [4.78, 5) is 22.2. The van der Waals surface area contributed by atoms with E-state index in [4.69, 9.17) is 9.84 Å². The highest BCUT2D eigenvalue weighted by Gasteiger charge is 2.36. The molecule has 5 heteroatoms. The summed E-state index contributed by atoms with van der Waals surface area (Å²) in [6, 6.07) is 10.2. The van der Waals surface area contributed by atoms with Crippen LogP contribution >= 0.6 is 11.8 Å². The van der Waals surface area contributed by atoms with Crippen LogP contribution in [0.1, 0.15) is 56.9 Å². The van der Waals surface area contributed by atoms with Crippen molar-refractivity contribution in [3.05, 3.63) is 35.9 Å². The van der Waals surface area contributed by atoms with E-state index in [-0.39, 0.29) is 18.8 Å². The van der Waals surface area contributed by atoms with Gasteiger partial charge in [0.1, 0.15) is 0 Å². The van der Waals surface area contributed by atoms with Crippen LogP contribution in [-0.4, -0.2) is 22.0 Å². The summed E-state index contributed by atoms with van der Waals surface area (Å²) in [5.74, 6) is -0.319. The van der Waals surface area contributed by atoms with Crippen LogP contribution < -0.4 is 0 Å². The lowest BCUT2D eigenvalue weighted by Crippen LogP contribution is -2.34. The van der Waals surface area contributed by atoms with Gasteiger partial charge in [0.25, 0.3) is 0 Å². The molecule has 0 aromatic heterocycles. The van der Waals surface area contributed by atoms with Crippen LogP contribution in [0.4, 0.5) is 0 Å². The highest BCUT2D eigenvalue weighted by Crippen LogP contribution is 2.42. The molecule has 1 aromatic carbocycles. The molecule has 1 saturated carbocycles. The van der Waals surface area contributed by atoms with Crippen molar-refractivity contribution in [2.45, 2.75) is 62.1 Å². The van der Waals surface area contributed by atoms with Crippen molar-refractivity contribution in [3.8, 4) is 0 Å². The summed E-state index contributed by atoms with van der Waals surface area (Å²) in [6.45, 7) is 0. The molecule has 0 unspecified atom stereocenters. The number of thioether (sulfide) groups is 1. The van der Waals surface area contributed by atoms with Gasteiger partial charge in [-0.15, -0.1) is 11.8 Å². The lowest BCUT2D eigenvalue weighted by molar-refractivity contribution is -0.153. The number of hydrogen-bond donors (Lipinski definition) is 1. The molecule has 0 bridgehead atoms. The van der Waals surface area contributed by atoms with Gasteiger partial charge in [0.05, 0.1) is 0 Å². The Morgan fingerprint density at radius 1 is 1.09 bits per heavy atom. The first kappa shape index (κ1) is 17.9. The Labute approximate surface area is 141 Å². The van der Waals surface area contributed by atoms with Crippen LogP contribution in [0.25, 0.3) is 0 Å². The van der Waals surface area contributed by atoms with Gasteiger partial charge in [-0.25, -0.2) is 0 Å². The molecular formula is C18H24O4S. The van der Waals surface area contributed by atoms with Crippen molar-refractivity contribution >= 4 is 23.7 Å². The predicted octanol–water partition coefficient (Wildman–Crippen LogP) is 4.38. The Hall–Kier alpha value is -1.49. The Morgan fingerprint density at radius 3 is 2.43 bits per heavy atom. The van der Waals surface area contributed by atoms with Gasteiger partial charge in [0.2, 0.25) is 0 Å². The molecule has 4 nitrogen and oxygen atoms in total.